The number of aromatic nitrogens is 1. The third-order valence-corrected chi connectivity index (χ3v) is 3.54. The van der Waals surface area contributed by atoms with Crippen LogP contribution in [-0.2, 0) is 0 Å². The summed E-state index contributed by atoms with van der Waals surface area (Å²) < 4.78 is 5.07. The lowest BCUT2D eigenvalue weighted by Crippen LogP contribution is -1.93. The average Bonchev–Trinajstić information content (AvgIpc) is 2.56. The third-order valence-electron chi connectivity index (χ3n) is 3.31. The quantitative estimate of drug-likeness (QED) is 0.530. The molecule has 0 bridgehead atoms. The number of hydrogen-bond donors (Lipinski definition) is 2. The smallest absolute Gasteiger partial charge is 0.161 e. The summed E-state index contributed by atoms with van der Waals surface area (Å²) >= 11 is 5.97. The summed E-state index contributed by atoms with van der Waals surface area (Å²) in [6.45, 7) is 0. The fraction of sp³-hybridized carbons (Fsp3) is 0.0588. The molecule has 7 heteroatoms. The van der Waals surface area contributed by atoms with Crippen molar-refractivity contribution in [1.82, 2.24) is 4.98 Å². The monoisotopic (exact) mass is 363 g/mol. The number of methoxy groups -OCH3 is 1. The summed E-state index contributed by atoms with van der Waals surface area (Å²) in [4.78, 5) is 4.28. The molecule has 0 saturated carbocycles. The van der Waals surface area contributed by atoms with Gasteiger partial charge in [0.25, 0.3) is 0 Å². The third kappa shape index (κ3) is 3.88. The Labute approximate surface area is 150 Å². The zero-order valence-electron chi connectivity index (χ0n) is 12.7. The van der Waals surface area contributed by atoms with Crippen molar-refractivity contribution in [1.29, 1.82) is 0 Å². The van der Waals surface area contributed by atoms with Gasteiger partial charge in [0.1, 0.15) is 0 Å². The molecule has 1 heterocycles. The van der Waals surface area contributed by atoms with Gasteiger partial charge in [-0.15, -0.1) is 12.4 Å². The Morgan fingerprint density at radius 3 is 2.83 bits per heavy atom. The van der Waals surface area contributed by atoms with Crippen LogP contribution in [0.4, 0.5) is 5.69 Å². The second kappa shape index (κ2) is 7.86. The lowest BCUT2D eigenvalue weighted by Gasteiger charge is -2.06. The van der Waals surface area contributed by atoms with Crippen molar-refractivity contribution in [3.05, 3.63) is 59.2 Å². The molecular formula is C17H15Cl2N3O2. The van der Waals surface area contributed by atoms with Crippen LogP contribution >= 0.6 is 24.0 Å². The molecular weight excluding hydrogens is 349 g/mol. The minimum Gasteiger partial charge on any atom is -0.504 e. The number of hydrazone groups is 1. The molecule has 0 aliphatic rings. The minimum absolute atomic E-state index is 0. The summed E-state index contributed by atoms with van der Waals surface area (Å²) in [5, 5.41) is 15.4. The van der Waals surface area contributed by atoms with Crippen LogP contribution in [0.5, 0.6) is 11.5 Å². The maximum Gasteiger partial charge on any atom is 0.161 e. The van der Waals surface area contributed by atoms with E-state index in [0.29, 0.717) is 10.8 Å². The molecule has 5 nitrogen and oxygen atoms in total. The predicted molar refractivity (Wildman–Crippen MR) is 99.9 cm³/mol. The first-order valence-corrected chi connectivity index (χ1v) is 7.25. The topological polar surface area (TPSA) is 66.7 Å². The van der Waals surface area contributed by atoms with Crippen molar-refractivity contribution < 1.29 is 9.84 Å². The number of anilines is 1. The standard InChI is InChI=1S/C17H14ClN3O2.ClH/c1-23-17-8-11(2-5-16(17)22)10-20-21-14-6-7-19-15-9-12(18)3-4-13(14)15;/h2-10,22H,1H3,(H,19,21);1H. The first kappa shape index (κ1) is 17.8. The van der Waals surface area contributed by atoms with E-state index >= 15 is 0 Å². The molecule has 2 N–H and O–H groups in total. The minimum atomic E-state index is 0. The number of phenolic OH excluding ortho intramolecular Hbond substituents is 1. The van der Waals surface area contributed by atoms with Crippen LogP contribution in [0.3, 0.4) is 0 Å². The molecule has 0 unspecified atom stereocenters. The number of hydrogen-bond acceptors (Lipinski definition) is 5. The number of fused-ring (bicyclic) bond motifs is 1. The second-order valence-electron chi connectivity index (χ2n) is 4.82. The van der Waals surface area contributed by atoms with Crippen LogP contribution in [0.15, 0.2) is 53.8 Å². The SMILES string of the molecule is COc1cc(C=NNc2ccnc3cc(Cl)ccc23)ccc1O.Cl. The fourth-order valence-electron chi connectivity index (χ4n) is 2.17. The lowest BCUT2D eigenvalue weighted by molar-refractivity contribution is 0.373. The number of phenols is 1. The molecule has 0 aliphatic heterocycles. The number of pyridine rings is 1. The largest absolute Gasteiger partial charge is 0.504 e. The van der Waals surface area contributed by atoms with Gasteiger partial charge in [0.15, 0.2) is 11.5 Å². The second-order valence-corrected chi connectivity index (χ2v) is 5.26. The van der Waals surface area contributed by atoms with Crippen molar-refractivity contribution in [3.63, 3.8) is 0 Å². The number of nitrogens with one attached hydrogen (secondary N) is 1. The molecule has 3 aromatic rings. The molecule has 0 amide bonds. The van der Waals surface area contributed by atoms with E-state index in [1.54, 1.807) is 36.7 Å². The number of rotatable bonds is 4. The highest BCUT2D eigenvalue weighted by Crippen LogP contribution is 2.26. The molecule has 1 aromatic heterocycles. The fourth-order valence-corrected chi connectivity index (χ4v) is 2.34. The van der Waals surface area contributed by atoms with E-state index < -0.39 is 0 Å². The van der Waals surface area contributed by atoms with Crippen LogP contribution in [0.2, 0.25) is 5.02 Å². The van der Waals surface area contributed by atoms with Gasteiger partial charge < -0.3 is 9.84 Å². The highest BCUT2D eigenvalue weighted by Gasteiger charge is 2.03. The summed E-state index contributed by atoms with van der Waals surface area (Å²) in [5.74, 6) is 0.493. The van der Waals surface area contributed by atoms with Crippen molar-refractivity contribution in [3.8, 4) is 11.5 Å². The van der Waals surface area contributed by atoms with Gasteiger partial charge in [-0.1, -0.05) is 11.6 Å². The van der Waals surface area contributed by atoms with Crippen LogP contribution in [0.1, 0.15) is 5.56 Å². The summed E-state index contributed by atoms with van der Waals surface area (Å²) in [5.41, 5.74) is 5.41. The molecule has 0 atom stereocenters. The van der Waals surface area contributed by atoms with E-state index in [1.807, 2.05) is 18.2 Å². The first-order chi connectivity index (χ1) is 11.2. The molecule has 0 radical (unpaired) electrons. The first-order valence-electron chi connectivity index (χ1n) is 6.88. The van der Waals surface area contributed by atoms with E-state index in [0.717, 1.165) is 22.2 Å². The van der Waals surface area contributed by atoms with Gasteiger partial charge in [-0.2, -0.15) is 5.10 Å². The normalized spacial score (nSPS) is 10.6. The van der Waals surface area contributed by atoms with Gasteiger partial charge >= 0.3 is 0 Å². The van der Waals surface area contributed by atoms with Gasteiger partial charge in [0.05, 0.1) is 24.5 Å². The number of halogens is 2. The summed E-state index contributed by atoms with van der Waals surface area (Å²) in [6, 6.07) is 12.3. The number of ether oxygens (including phenoxy) is 1. The summed E-state index contributed by atoms with van der Waals surface area (Å²) in [6.07, 6.45) is 3.34. The van der Waals surface area contributed by atoms with Crippen molar-refractivity contribution in [2.45, 2.75) is 0 Å². The van der Waals surface area contributed by atoms with E-state index in [2.05, 4.69) is 15.5 Å². The average molecular weight is 364 g/mol. The Morgan fingerprint density at radius 1 is 1.21 bits per heavy atom. The molecule has 24 heavy (non-hydrogen) atoms. The van der Waals surface area contributed by atoms with Crippen molar-refractivity contribution in [2.75, 3.05) is 12.5 Å². The molecule has 2 aromatic carbocycles. The van der Waals surface area contributed by atoms with Crippen molar-refractivity contribution >= 4 is 46.8 Å². The molecule has 0 fully saturated rings. The van der Waals surface area contributed by atoms with Gasteiger partial charge in [-0.3, -0.25) is 10.4 Å². The zero-order chi connectivity index (χ0) is 16.2. The van der Waals surface area contributed by atoms with Gasteiger partial charge in [0, 0.05) is 16.6 Å². The highest BCUT2D eigenvalue weighted by atomic mass is 35.5. The summed E-state index contributed by atoms with van der Waals surface area (Å²) in [7, 11) is 1.50. The lowest BCUT2D eigenvalue weighted by atomic mass is 10.2. The zero-order valence-corrected chi connectivity index (χ0v) is 14.3. The van der Waals surface area contributed by atoms with E-state index in [4.69, 9.17) is 16.3 Å². The van der Waals surface area contributed by atoms with Gasteiger partial charge in [-0.25, -0.2) is 0 Å². The van der Waals surface area contributed by atoms with E-state index in [9.17, 15) is 5.11 Å². The van der Waals surface area contributed by atoms with Crippen LogP contribution < -0.4 is 10.2 Å². The van der Waals surface area contributed by atoms with Crippen LogP contribution in [-0.4, -0.2) is 23.4 Å². The number of nitrogens with zero attached hydrogens (tertiary/aromatic N) is 2. The Balaban J connectivity index is 0.00000208. The number of aromatic hydroxyl groups is 1. The molecule has 3 rings (SSSR count). The molecule has 124 valence electrons. The van der Waals surface area contributed by atoms with Crippen LogP contribution in [0.25, 0.3) is 10.9 Å². The highest BCUT2D eigenvalue weighted by molar-refractivity contribution is 6.31. The molecule has 0 aliphatic carbocycles. The Kier molecular flexibility index (Phi) is 5.84. The van der Waals surface area contributed by atoms with Gasteiger partial charge in [-0.05, 0) is 48.0 Å². The number of benzene rings is 2. The van der Waals surface area contributed by atoms with E-state index in [1.165, 1.54) is 7.11 Å². The van der Waals surface area contributed by atoms with E-state index in [-0.39, 0.29) is 18.2 Å². The predicted octanol–water partition coefficient (Wildman–Crippen LogP) is 4.47. The van der Waals surface area contributed by atoms with Crippen molar-refractivity contribution in [2.24, 2.45) is 5.10 Å². The molecule has 0 saturated heterocycles. The van der Waals surface area contributed by atoms with Crippen LogP contribution in [0, 0.1) is 0 Å². The maximum atomic E-state index is 9.58. The van der Waals surface area contributed by atoms with Gasteiger partial charge in [0.2, 0.25) is 0 Å². The Morgan fingerprint density at radius 2 is 2.04 bits per heavy atom. The Hall–Kier alpha value is -2.50. The maximum absolute atomic E-state index is 9.58. The molecule has 0 spiro atoms. The Bertz CT molecular complexity index is 885.